The van der Waals surface area contributed by atoms with E-state index < -0.39 is 0 Å². The summed E-state index contributed by atoms with van der Waals surface area (Å²) in [4.78, 5) is 12.1. The number of hydrogen-bond donors (Lipinski definition) is 1. The quantitative estimate of drug-likeness (QED) is 0.447. The highest BCUT2D eigenvalue weighted by Gasteiger charge is 2.11. The maximum absolute atomic E-state index is 12.9. The number of halogens is 1. The van der Waals surface area contributed by atoms with Crippen LogP contribution in [-0.2, 0) is 4.79 Å². The molecule has 0 spiro atoms. The summed E-state index contributed by atoms with van der Waals surface area (Å²) >= 11 is 0. The van der Waals surface area contributed by atoms with E-state index in [4.69, 9.17) is 9.47 Å². The summed E-state index contributed by atoms with van der Waals surface area (Å²) in [5, 5.41) is 15.5. The van der Waals surface area contributed by atoms with Crippen molar-refractivity contribution in [1.82, 2.24) is 20.0 Å². The third-order valence-electron chi connectivity index (χ3n) is 5.04. The number of hydrogen-bond acceptors (Lipinski definition) is 6. The molecule has 0 radical (unpaired) electrons. The molecular weight excluding hydrogens is 425 g/mol. The van der Waals surface area contributed by atoms with Gasteiger partial charge in [-0.3, -0.25) is 4.79 Å². The zero-order chi connectivity index (χ0) is 23.4. The van der Waals surface area contributed by atoms with Gasteiger partial charge in [0.05, 0.1) is 5.69 Å². The summed E-state index contributed by atoms with van der Waals surface area (Å²) in [5.74, 6) is 1.19. The van der Waals surface area contributed by atoms with Crippen molar-refractivity contribution in [3.63, 3.8) is 0 Å². The number of ether oxygens (including phenoxy) is 2. The standard InChI is InChI=1S/C24H22FN5O3/c1-15-16(2)29-30(17(15)3)22-12-13-24(28-27-22)33-21-10-6-19(7-11-21)26-23(31)14-32-20-8-4-18(25)5-9-20/h4-13H,14H2,1-3H3,(H,26,31). The van der Waals surface area contributed by atoms with Crippen molar-refractivity contribution in [2.24, 2.45) is 0 Å². The molecule has 0 atom stereocenters. The Morgan fingerprint density at radius 1 is 0.939 bits per heavy atom. The largest absolute Gasteiger partial charge is 0.484 e. The van der Waals surface area contributed by atoms with Crippen LogP contribution < -0.4 is 14.8 Å². The first kappa shape index (κ1) is 21.9. The van der Waals surface area contributed by atoms with Gasteiger partial charge in [-0.05, 0) is 80.9 Å². The Labute approximate surface area is 190 Å². The molecule has 0 aliphatic heterocycles. The van der Waals surface area contributed by atoms with Gasteiger partial charge < -0.3 is 14.8 Å². The second-order valence-corrected chi connectivity index (χ2v) is 7.35. The summed E-state index contributed by atoms with van der Waals surface area (Å²) < 4.78 is 25.7. The second kappa shape index (κ2) is 9.47. The molecule has 2 aromatic carbocycles. The first-order valence-electron chi connectivity index (χ1n) is 10.2. The smallest absolute Gasteiger partial charge is 0.262 e. The predicted octanol–water partition coefficient (Wildman–Crippen LogP) is 4.54. The monoisotopic (exact) mass is 447 g/mol. The molecule has 0 saturated heterocycles. The Bertz CT molecular complexity index is 1250. The molecular formula is C24H22FN5O3. The van der Waals surface area contributed by atoms with Crippen LogP contribution in [0.5, 0.6) is 17.4 Å². The lowest BCUT2D eigenvalue weighted by molar-refractivity contribution is -0.118. The maximum Gasteiger partial charge on any atom is 0.262 e. The van der Waals surface area contributed by atoms with E-state index in [1.54, 1.807) is 41.1 Å². The van der Waals surface area contributed by atoms with E-state index in [-0.39, 0.29) is 18.3 Å². The lowest BCUT2D eigenvalue weighted by Crippen LogP contribution is -2.20. The minimum atomic E-state index is -0.366. The minimum Gasteiger partial charge on any atom is -0.484 e. The second-order valence-electron chi connectivity index (χ2n) is 7.35. The fraction of sp³-hybridized carbons (Fsp3) is 0.167. The number of carbonyl (C=O) groups is 1. The average molecular weight is 447 g/mol. The molecule has 8 nitrogen and oxygen atoms in total. The summed E-state index contributed by atoms with van der Waals surface area (Å²) in [6, 6.07) is 15.8. The highest BCUT2D eigenvalue weighted by Crippen LogP contribution is 2.22. The Morgan fingerprint density at radius 2 is 1.64 bits per heavy atom. The van der Waals surface area contributed by atoms with Gasteiger partial charge in [0.1, 0.15) is 17.3 Å². The first-order valence-corrected chi connectivity index (χ1v) is 10.2. The highest BCUT2D eigenvalue weighted by molar-refractivity contribution is 5.91. The molecule has 1 N–H and O–H groups in total. The van der Waals surface area contributed by atoms with Crippen LogP contribution in [0.1, 0.15) is 17.0 Å². The van der Waals surface area contributed by atoms with E-state index in [0.29, 0.717) is 28.9 Å². The number of anilines is 1. The van der Waals surface area contributed by atoms with Crippen LogP contribution in [0.15, 0.2) is 60.7 Å². The van der Waals surface area contributed by atoms with Crippen LogP contribution in [0.25, 0.3) is 5.82 Å². The Hall–Kier alpha value is -4.27. The van der Waals surface area contributed by atoms with Gasteiger partial charge in [0, 0.05) is 17.4 Å². The number of rotatable bonds is 7. The predicted molar refractivity (Wildman–Crippen MR) is 120 cm³/mol. The van der Waals surface area contributed by atoms with Gasteiger partial charge in [0.2, 0.25) is 5.88 Å². The first-order chi connectivity index (χ1) is 15.9. The van der Waals surface area contributed by atoms with Crippen LogP contribution >= 0.6 is 0 Å². The molecule has 4 aromatic rings. The van der Waals surface area contributed by atoms with Crippen LogP contribution in [0.3, 0.4) is 0 Å². The van der Waals surface area contributed by atoms with Crippen molar-refractivity contribution in [3.05, 3.63) is 83.4 Å². The van der Waals surface area contributed by atoms with Gasteiger partial charge in [-0.1, -0.05) is 0 Å². The third-order valence-corrected chi connectivity index (χ3v) is 5.04. The molecule has 2 heterocycles. The van der Waals surface area contributed by atoms with Crippen molar-refractivity contribution in [2.45, 2.75) is 20.8 Å². The summed E-state index contributed by atoms with van der Waals surface area (Å²) in [7, 11) is 0. The number of amides is 1. The van der Waals surface area contributed by atoms with Crippen molar-refractivity contribution >= 4 is 11.6 Å². The molecule has 9 heteroatoms. The number of carbonyl (C=O) groups excluding carboxylic acids is 1. The Balaban J connectivity index is 1.32. The molecule has 2 aromatic heterocycles. The highest BCUT2D eigenvalue weighted by atomic mass is 19.1. The minimum absolute atomic E-state index is 0.194. The normalized spacial score (nSPS) is 10.7. The molecule has 0 bridgehead atoms. The van der Waals surface area contributed by atoms with Gasteiger partial charge in [-0.15, -0.1) is 10.2 Å². The molecule has 4 rings (SSSR count). The summed E-state index contributed by atoms with van der Waals surface area (Å²) in [6.45, 7) is 5.76. The Kier molecular flexibility index (Phi) is 6.30. The molecule has 1 amide bonds. The van der Waals surface area contributed by atoms with Crippen LogP contribution in [0.2, 0.25) is 0 Å². The topological polar surface area (TPSA) is 91.2 Å². The Morgan fingerprint density at radius 3 is 2.24 bits per heavy atom. The summed E-state index contributed by atoms with van der Waals surface area (Å²) in [6.07, 6.45) is 0. The van der Waals surface area contributed by atoms with E-state index in [2.05, 4.69) is 20.6 Å². The van der Waals surface area contributed by atoms with Gasteiger partial charge in [-0.25, -0.2) is 9.07 Å². The van der Waals surface area contributed by atoms with Crippen molar-refractivity contribution in [2.75, 3.05) is 11.9 Å². The van der Waals surface area contributed by atoms with E-state index >= 15 is 0 Å². The fourth-order valence-corrected chi connectivity index (χ4v) is 3.03. The van der Waals surface area contributed by atoms with Crippen molar-refractivity contribution in [1.29, 1.82) is 0 Å². The zero-order valence-corrected chi connectivity index (χ0v) is 18.4. The SMILES string of the molecule is Cc1nn(-c2ccc(Oc3ccc(NC(=O)COc4ccc(F)cc4)cc3)nn2)c(C)c1C. The molecule has 168 valence electrons. The number of aryl methyl sites for hydroxylation is 1. The van der Waals surface area contributed by atoms with Gasteiger partial charge in [-0.2, -0.15) is 5.10 Å². The van der Waals surface area contributed by atoms with E-state index in [0.717, 1.165) is 17.0 Å². The van der Waals surface area contributed by atoms with E-state index in [1.165, 1.54) is 24.3 Å². The molecule has 0 aliphatic rings. The van der Waals surface area contributed by atoms with Gasteiger partial charge in [0.15, 0.2) is 12.4 Å². The lowest BCUT2D eigenvalue weighted by atomic mass is 10.2. The molecule has 0 fully saturated rings. The van der Waals surface area contributed by atoms with E-state index in [9.17, 15) is 9.18 Å². The van der Waals surface area contributed by atoms with E-state index in [1.807, 2.05) is 20.8 Å². The molecule has 0 unspecified atom stereocenters. The lowest BCUT2D eigenvalue weighted by Gasteiger charge is -2.09. The number of nitrogens with one attached hydrogen (secondary N) is 1. The third kappa shape index (κ3) is 5.32. The van der Waals surface area contributed by atoms with Crippen LogP contribution in [-0.4, -0.2) is 32.5 Å². The van der Waals surface area contributed by atoms with Gasteiger partial charge in [0.25, 0.3) is 5.91 Å². The number of aromatic nitrogens is 4. The number of nitrogens with zero attached hydrogens (tertiary/aromatic N) is 4. The molecule has 0 aliphatic carbocycles. The molecule has 0 saturated carbocycles. The maximum atomic E-state index is 12.9. The van der Waals surface area contributed by atoms with Crippen LogP contribution in [0, 0.1) is 26.6 Å². The van der Waals surface area contributed by atoms with Crippen molar-refractivity contribution in [3.8, 4) is 23.2 Å². The zero-order valence-electron chi connectivity index (χ0n) is 18.4. The summed E-state index contributed by atoms with van der Waals surface area (Å²) in [5.41, 5.74) is 3.66. The van der Waals surface area contributed by atoms with Gasteiger partial charge >= 0.3 is 0 Å². The van der Waals surface area contributed by atoms with Crippen LogP contribution in [0.4, 0.5) is 10.1 Å². The average Bonchev–Trinajstić information content (AvgIpc) is 3.08. The molecule has 33 heavy (non-hydrogen) atoms. The van der Waals surface area contributed by atoms with Crippen molar-refractivity contribution < 1.29 is 18.7 Å². The number of benzene rings is 2. The fourth-order valence-electron chi connectivity index (χ4n) is 3.03.